The van der Waals surface area contributed by atoms with Gasteiger partial charge in [-0.3, -0.25) is 15.0 Å². The van der Waals surface area contributed by atoms with E-state index in [2.05, 4.69) is 13.8 Å². The highest BCUT2D eigenvalue weighted by atomic mass is 16.6. The average Bonchev–Trinajstić information content (AvgIpc) is 2.56. The monoisotopic (exact) mass is 337 g/mol. The van der Waals surface area contributed by atoms with E-state index in [-0.39, 0.29) is 5.69 Å². The lowest BCUT2D eigenvalue weighted by atomic mass is 10.1. The molecule has 136 valence electrons. The molecule has 1 heterocycles. The summed E-state index contributed by atoms with van der Waals surface area (Å²) in [6.07, 6.45) is 8.92. The lowest BCUT2D eigenvalue weighted by molar-refractivity contribution is -0.600. The topological polar surface area (TPSA) is 73.3 Å². The summed E-state index contributed by atoms with van der Waals surface area (Å²) in [7, 11) is 0. The van der Waals surface area contributed by atoms with Gasteiger partial charge in [0.25, 0.3) is 11.5 Å². The molecule has 0 atom stereocenters. The Hall–Kier alpha value is -1.85. The number of hydrogen-bond donors (Lipinski definition) is 0. The van der Waals surface area contributed by atoms with Crippen molar-refractivity contribution in [2.45, 2.75) is 72.1 Å². The minimum absolute atomic E-state index is 0.0123. The first-order chi connectivity index (χ1) is 11.5. The standard InChI is InChI=1S/C18H31N3O3/c1-4-6-8-10-12-19(13-11-9-7-5-2)18-15-17(21(23)24)14-16(3)20(18)22/h14-15H,4-13H2,1-3H3. The Morgan fingerprint density at radius 2 is 1.54 bits per heavy atom. The second kappa shape index (κ2) is 10.8. The van der Waals surface area contributed by atoms with E-state index in [1.54, 1.807) is 6.92 Å². The van der Waals surface area contributed by atoms with Crippen LogP contribution < -0.4 is 9.63 Å². The number of nitrogens with zero attached hydrogens (tertiary/aromatic N) is 3. The molecule has 0 bridgehead atoms. The summed E-state index contributed by atoms with van der Waals surface area (Å²) in [6, 6.07) is 2.75. The highest BCUT2D eigenvalue weighted by Gasteiger charge is 2.22. The number of nitro groups is 1. The molecule has 1 aromatic rings. The molecule has 0 aliphatic heterocycles. The highest BCUT2D eigenvalue weighted by Crippen LogP contribution is 2.20. The summed E-state index contributed by atoms with van der Waals surface area (Å²) in [6.45, 7) is 7.50. The van der Waals surface area contributed by atoms with E-state index in [0.717, 1.165) is 56.3 Å². The number of aryl methyl sites for hydroxylation is 1. The van der Waals surface area contributed by atoms with Crippen molar-refractivity contribution in [1.29, 1.82) is 0 Å². The Labute approximate surface area is 145 Å². The summed E-state index contributed by atoms with van der Waals surface area (Å²) in [4.78, 5) is 12.7. The van der Waals surface area contributed by atoms with Gasteiger partial charge in [-0.25, -0.2) is 4.73 Å². The molecule has 0 amide bonds. The Morgan fingerprint density at radius 1 is 1.00 bits per heavy atom. The largest absolute Gasteiger partial charge is 0.710 e. The van der Waals surface area contributed by atoms with Crippen molar-refractivity contribution in [3.05, 3.63) is 33.1 Å². The number of anilines is 1. The quantitative estimate of drug-likeness (QED) is 0.185. The van der Waals surface area contributed by atoms with Crippen LogP contribution in [-0.2, 0) is 0 Å². The van der Waals surface area contributed by atoms with Crippen LogP contribution in [0.3, 0.4) is 0 Å². The van der Waals surface area contributed by atoms with E-state index in [9.17, 15) is 15.3 Å². The fourth-order valence-electron chi connectivity index (χ4n) is 2.81. The maximum atomic E-state index is 12.4. The summed E-state index contributed by atoms with van der Waals surface area (Å²) in [5, 5.41) is 23.5. The van der Waals surface area contributed by atoms with E-state index in [0.29, 0.717) is 11.5 Å². The van der Waals surface area contributed by atoms with Gasteiger partial charge in [-0.05, 0) is 32.6 Å². The predicted octanol–water partition coefficient (Wildman–Crippen LogP) is 4.50. The van der Waals surface area contributed by atoms with Crippen LogP contribution in [0.25, 0.3) is 0 Å². The van der Waals surface area contributed by atoms with E-state index in [4.69, 9.17) is 0 Å². The summed E-state index contributed by atoms with van der Waals surface area (Å²) in [5.41, 5.74) is 0.355. The number of aromatic nitrogens is 1. The number of unbranched alkanes of at least 4 members (excludes halogenated alkanes) is 6. The van der Waals surface area contributed by atoms with E-state index in [1.807, 2.05) is 4.90 Å². The number of hydrogen-bond acceptors (Lipinski definition) is 4. The second-order valence-corrected chi connectivity index (χ2v) is 6.37. The molecule has 0 saturated carbocycles. The summed E-state index contributed by atoms with van der Waals surface area (Å²) in [5.74, 6) is 0.412. The van der Waals surface area contributed by atoms with E-state index >= 15 is 0 Å². The average molecular weight is 337 g/mol. The van der Waals surface area contributed by atoms with Gasteiger partial charge in [0.05, 0.1) is 24.1 Å². The van der Waals surface area contributed by atoms with Crippen LogP contribution in [0.15, 0.2) is 12.1 Å². The minimum Gasteiger partial charge on any atom is -0.710 e. The van der Waals surface area contributed by atoms with Gasteiger partial charge in [0.1, 0.15) is 11.8 Å². The van der Waals surface area contributed by atoms with Gasteiger partial charge in [-0.15, -0.1) is 0 Å². The fraction of sp³-hybridized carbons (Fsp3) is 0.722. The molecule has 1 aromatic heterocycles. The second-order valence-electron chi connectivity index (χ2n) is 6.37. The van der Waals surface area contributed by atoms with Crippen molar-refractivity contribution in [3.63, 3.8) is 0 Å². The van der Waals surface area contributed by atoms with Crippen LogP contribution in [0.2, 0.25) is 0 Å². The zero-order chi connectivity index (χ0) is 17.9. The zero-order valence-corrected chi connectivity index (χ0v) is 15.3. The molecule has 0 saturated heterocycles. The van der Waals surface area contributed by atoms with Crippen LogP contribution in [0.4, 0.5) is 11.5 Å². The van der Waals surface area contributed by atoms with Crippen molar-refractivity contribution in [1.82, 2.24) is 0 Å². The van der Waals surface area contributed by atoms with Crippen LogP contribution in [0.5, 0.6) is 0 Å². The van der Waals surface area contributed by atoms with Gasteiger partial charge in [-0.1, -0.05) is 39.5 Å². The molecular weight excluding hydrogens is 306 g/mol. The maximum Gasteiger partial charge on any atom is 0.286 e. The minimum atomic E-state index is -0.428. The smallest absolute Gasteiger partial charge is 0.286 e. The van der Waals surface area contributed by atoms with Gasteiger partial charge in [-0.2, -0.15) is 0 Å². The van der Waals surface area contributed by atoms with Crippen LogP contribution in [-0.4, -0.2) is 18.0 Å². The molecule has 1 rings (SSSR count). The lowest BCUT2D eigenvalue weighted by Gasteiger charge is -2.22. The van der Waals surface area contributed by atoms with Gasteiger partial charge >= 0.3 is 0 Å². The normalized spacial score (nSPS) is 10.8. The molecular formula is C18H31N3O3. The van der Waals surface area contributed by atoms with Gasteiger partial charge in [0, 0.05) is 0 Å². The van der Waals surface area contributed by atoms with Crippen molar-refractivity contribution in [2.75, 3.05) is 18.0 Å². The third-order valence-electron chi connectivity index (χ3n) is 4.26. The Morgan fingerprint density at radius 3 is 2.00 bits per heavy atom. The first-order valence-electron chi connectivity index (χ1n) is 9.14. The third kappa shape index (κ3) is 6.34. The van der Waals surface area contributed by atoms with Crippen LogP contribution in [0.1, 0.15) is 70.9 Å². The van der Waals surface area contributed by atoms with Gasteiger partial charge < -0.3 is 5.21 Å². The Bertz CT molecular complexity index is 508. The molecule has 6 heteroatoms. The molecule has 0 aromatic carbocycles. The van der Waals surface area contributed by atoms with Crippen LogP contribution in [0, 0.1) is 22.2 Å². The number of rotatable bonds is 12. The molecule has 0 radical (unpaired) electrons. The van der Waals surface area contributed by atoms with E-state index < -0.39 is 4.92 Å². The third-order valence-corrected chi connectivity index (χ3v) is 4.26. The molecule has 0 aliphatic rings. The molecule has 6 nitrogen and oxygen atoms in total. The van der Waals surface area contributed by atoms with Crippen molar-refractivity contribution in [2.24, 2.45) is 0 Å². The summed E-state index contributed by atoms with van der Waals surface area (Å²) >= 11 is 0. The summed E-state index contributed by atoms with van der Waals surface area (Å²) < 4.78 is 0.826. The van der Waals surface area contributed by atoms with Gasteiger partial charge in [0.15, 0.2) is 0 Å². The Kier molecular flexibility index (Phi) is 9.12. The SMILES string of the molecule is CCCCCCN(CCCCCC)c1cc([N+](=O)[O-])cc(C)[n+]1[O-]. The van der Waals surface area contributed by atoms with Crippen molar-refractivity contribution in [3.8, 4) is 0 Å². The number of pyridine rings is 1. The molecule has 0 spiro atoms. The maximum absolute atomic E-state index is 12.4. The first kappa shape index (κ1) is 20.2. The van der Waals surface area contributed by atoms with Crippen molar-refractivity contribution >= 4 is 11.5 Å². The van der Waals surface area contributed by atoms with Gasteiger partial charge in [0.2, 0.25) is 0 Å². The highest BCUT2D eigenvalue weighted by molar-refractivity contribution is 5.44. The molecule has 24 heavy (non-hydrogen) atoms. The molecule has 0 unspecified atom stereocenters. The predicted molar refractivity (Wildman–Crippen MR) is 97.3 cm³/mol. The molecule has 0 aliphatic carbocycles. The fourth-order valence-corrected chi connectivity index (χ4v) is 2.81. The van der Waals surface area contributed by atoms with E-state index in [1.165, 1.54) is 25.0 Å². The molecule has 0 N–H and O–H groups in total. The lowest BCUT2D eigenvalue weighted by Crippen LogP contribution is -2.41. The Balaban J connectivity index is 2.92. The first-order valence-corrected chi connectivity index (χ1v) is 9.14. The van der Waals surface area contributed by atoms with Crippen molar-refractivity contribution < 1.29 is 9.65 Å². The molecule has 0 fully saturated rings. The zero-order valence-electron chi connectivity index (χ0n) is 15.3. The van der Waals surface area contributed by atoms with Crippen LogP contribution >= 0.6 is 0 Å².